The van der Waals surface area contributed by atoms with Crippen LogP contribution in [0.1, 0.15) is 54.4 Å². The Morgan fingerprint density at radius 3 is 1.38 bits per heavy atom. The Hall–Kier alpha value is -2.44. The molecule has 0 bridgehead atoms. The molecule has 0 aliphatic carbocycles. The predicted octanol–water partition coefficient (Wildman–Crippen LogP) is 4.68. The molecule has 6 rings (SSSR count). The molecular weight excluding hydrogens is 428 g/mol. The molecule has 4 aliphatic rings. The van der Waals surface area contributed by atoms with Crippen molar-refractivity contribution in [3.05, 3.63) is 36.4 Å². The van der Waals surface area contributed by atoms with E-state index in [0.717, 1.165) is 35.0 Å². The lowest BCUT2D eigenvalue weighted by atomic mass is 9.67. The molecule has 8 atom stereocenters. The van der Waals surface area contributed by atoms with Gasteiger partial charge in [-0.25, -0.2) is 0 Å². The van der Waals surface area contributed by atoms with E-state index in [1.807, 2.05) is 34.1 Å². The number of hydrogen-bond donors (Lipinski definition) is 0. The lowest BCUT2D eigenvalue weighted by Gasteiger charge is -2.55. The topological polar surface area (TPSA) is 65.7 Å². The standard InChI is InChI=1S/C28H34N2O4/c1-7-27(5)23(21-15(3)33-21)29(25(27)31)19-13-9-12-18-17(19)11-10-14-20(18)30-24(22-16(4)34-22)28(6,8-2)26(30)32/h9-16,21-24H,7-8H2,1-6H3. The number of carbonyl (C=O) groups excluding carboxylic acids is 2. The van der Waals surface area contributed by atoms with Crippen molar-refractivity contribution in [2.24, 2.45) is 10.8 Å². The maximum absolute atomic E-state index is 13.4. The summed E-state index contributed by atoms with van der Waals surface area (Å²) in [6.45, 7) is 12.4. The van der Waals surface area contributed by atoms with Crippen LogP contribution in [0.2, 0.25) is 0 Å². The fourth-order valence-electron chi connectivity index (χ4n) is 6.52. The molecule has 0 aromatic heterocycles. The van der Waals surface area contributed by atoms with Gasteiger partial charge in [-0.3, -0.25) is 9.59 Å². The number of ether oxygens (including phenoxy) is 2. The van der Waals surface area contributed by atoms with Crippen molar-refractivity contribution in [2.45, 2.75) is 90.9 Å². The highest BCUT2D eigenvalue weighted by molar-refractivity contribution is 6.16. The summed E-state index contributed by atoms with van der Waals surface area (Å²) < 4.78 is 11.7. The molecule has 4 aliphatic heterocycles. The first kappa shape index (κ1) is 22.1. The van der Waals surface area contributed by atoms with E-state index in [0.29, 0.717) is 0 Å². The van der Waals surface area contributed by atoms with E-state index < -0.39 is 10.8 Å². The minimum Gasteiger partial charge on any atom is -0.368 e. The van der Waals surface area contributed by atoms with E-state index in [-0.39, 0.29) is 48.3 Å². The number of carbonyl (C=O) groups is 2. The summed E-state index contributed by atoms with van der Waals surface area (Å²) in [7, 11) is 0. The van der Waals surface area contributed by atoms with E-state index in [9.17, 15) is 9.59 Å². The van der Waals surface area contributed by atoms with E-state index in [1.54, 1.807) is 0 Å². The van der Waals surface area contributed by atoms with E-state index in [1.165, 1.54) is 0 Å². The van der Waals surface area contributed by atoms with E-state index >= 15 is 0 Å². The first-order valence-corrected chi connectivity index (χ1v) is 12.7. The van der Waals surface area contributed by atoms with Gasteiger partial charge in [0.2, 0.25) is 11.8 Å². The van der Waals surface area contributed by atoms with Gasteiger partial charge in [-0.1, -0.05) is 38.1 Å². The second-order valence-electron chi connectivity index (χ2n) is 11.0. The summed E-state index contributed by atoms with van der Waals surface area (Å²) in [5.74, 6) is 0.300. The Bertz CT molecular complexity index is 1120. The van der Waals surface area contributed by atoms with Crippen molar-refractivity contribution in [1.82, 2.24) is 0 Å². The van der Waals surface area contributed by atoms with E-state index in [4.69, 9.17) is 9.47 Å². The molecule has 0 N–H and O–H groups in total. The van der Waals surface area contributed by atoms with Crippen molar-refractivity contribution in [3.63, 3.8) is 0 Å². The van der Waals surface area contributed by atoms with Crippen LogP contribution in [0.4, 0.5) is 11.4 Å². The van der Waals surface area contributed by atoms with Crippen LogP contribution in [-0.4, -0.2) is 48.3 Å². The van der Waals surface area contributed by atoms with Gasteiger partial charge in [-0.15, -0.1) is 0 Å². The molecule has 6 nitrogen and oxygen atoms in total. The van der Waals surface area contributed by atoms with Crippen LogP contribution in [0, 0.1) is 10.8 Å². The van der Waals surface area contributed by atoms with Crippen molar-refractivity contribution in [2.75, 3.05) is 9.80 Å². The highest BCUT2D eigenvalue weighted by atomic mass is 16.6. The van der Waals surface area contributed by atoms with Gasteiger partial charge in [-0.05, 0) is 52.7 Å². The summed E-state index contributed by atoms with van der Waals surface area (Å²) in [5.41, 5.74) is 0.996. The molecule has 2 aromatic carbocycles. The molecule has 2 aromatic rings. The second-order valence-corrected chi connectivity index (χ2v) is 11.0. The number of β-lactam (4-membered cyclic amide) rings is 2. The molecule has 34 heavy (non-hydrogen) atoms. The minimum atomic E-state index is -0.407. The number of rotatable bonds is 6. The van der Waals surface area contributed by atoms with Crippen LogP contribution in [0.5, 0.6) is 0 Å². The Kier molecular flexibility index (Phi) is 4.57. The number of amides is 2. The van der Waals surface area contributed by atoms with Gasteiger partial charge >= 0.3 is 0 Å². The molecule has 8 unspecified atom stereocenters. The van der Waals surface area contributed by atoms with Crippen LogP contribution in [0.3, 0.4) is 0 Å². The molecular formula is C28H34N2O4. The number of hydrogen-bond acceptors (Lipinski definition) is 4. The third-order valence-electron chi connectivity index (χ3n) is 9.28. The quantitative estimate of drug-likeness (QED) is 0.462. The zero-order chi connectivity index (χ0) is 24.2. The SMILES string of the molecule is CCC1(C)C(=O)N(c2cccc3c(N4C(=O)C(C)(CC)C4C4OC4C)cccc23)C1C1OC1C. The predicted molar refractivity (Wildman–Crippen MR) is 132 cm³/mol. The molecule has 4 fully saturated rings. The third-order valence-corrected chi connectivity index (χ3v) is 9.28. The summed E-state index contributed by atoms with van der Waals surface area (Å²) in [6.07, 6.45) is 2.05. The van der Waals surface area contributed by atoms with Gasteiger partial charge in [0, 0.05) is 10.8 Å². The largest absolute Gasteiger partial charge is 0.368 e. The first-order valence-electron chi connectivity index (χ1n) is 12.7. The maximum Gasteiger partial charge on any atom is 0.235 e. The molecule has 4 saturated heterocycles. The summed E-state index contributed by atoms with van der Waals surface area (Å²) in [4.78, 5) is 30.8. The van der Waals surface area contributed by atoms with Crippen LogP contribution >= 0.6 is 0 Å². The van der Waals surface area contributed by atoms with Gasteiger partial charge in [0.25, 0.3) is 0 Å². The van der Waals surface area contributed by atoms with E-state index in [2.05, 4.69) is 53.7 Å². The van der Waals surface area contributed by atoms with Crippen LogP contribution in [-0.2, 0) is 19.1 Å². The van der Waals surface area contributed by atoms with Gasteiger partial charge in [0.05, 0.1) is 46.5 Å². The Labute approximate surface area is 201 Å². The summed E-state index contributed by atoms with van der Waals surface area (Å²) in [6, 6.07) is 12.2. The molecule has 180 valence electrons. The van der Waals surface area contributed by atoms with Crippen molar-refractivity contribution < 1.29 is 19.1 Å². The highest BCUT2D eigenvalue weighted by Crippen LogP contribution is 2.54. The van der Waals surface area contributed by atoms with Crippen molar-refractivity contribution >= 4 is 34.0 Å². The Balaban J connectivity index is 1.44. The monoisotopic (exact) mass is 462 g/mol. The average Bonchev–Trinajstić information content (AvgIpc) is 3.76. The second kappa shape index (κ2) is 7.05. The summed E-state index contributed by atoms with van der Waals surface area (Å²) in [5, 5.41) is 1.98. The fourth-order valence-corrected chi connectivity index (χ4v) is 6.52. The lowest BCUT2D eigenvalue weighted by molar-refractivity contribution is -0.140. The third kappa shape index (κ3) is 2.64. The Morgan fingerprint density at radius 1 is 0.735 bits per heavy atom. The zero-order valence-corrected chi connectivity index (χ0v) is 20.9. The van der Waals surface area contributed by atoms with Crippen LogP contribution in [0.15, 0.2) is 36.4 Å². The normalized spacial score (nSPS) is 40.9. The van der Waals surface area contributed by atoms with Crippen LogP contribution in [0.25, 0.3) is 10.8 Å². The molecule has 0 radical (unpaired) electrons. The van der Waals surface area contributed by atoms with Crippen molar-refractivity contribution in [3.8, 4) is 0 Å². The highest BCUT2D eigenvalue weighted by Gasteiger charge is 2.66. The average molecular weight is 463 g/mol. The number of anilines is 2. The van der Waals surface area contributed by atoms with Crippen LogP contribution < -0.4 is 9.80 Å². The molecule has 2 amide bonds. The number of benzene rings is 2. The fraction of sp³-hybridized carbons (Fsp3) is 0.571. The molecule has 0 spiro atoms. The molecule has 4 heterocycles. The zero-order valence-electron chi connectivity index (χ0n) is 20.9. The number of nitrogens with zero attached hydrogens (tertiary/aromatic N) is 2. The molecule has 0 saturated carbocycles. The smallest absolute Gasteiger partial charge is 0.235 e. The first-order chi connectivity index (χ1) is 16.2. The minimum absolute atomic E-state index is 0.0248. The van der Waals surface area contributed by atoms with Gasteiger partial charge in [0.1, 0.15) is 12.2 Å². The summed E-state index contributed by atoms with van der Waals surface area (Å²) >= 11 is 0. The molecule has 6 heteroatoms. The van der Waals surface area contributed by atoms with Gasteiger partial charge in [-0.2, -0.15) is 0 Å². The lowest BCUT2D eigenvalue weighted by Crippen LogP contribution is -2.70. The number of epoxide rings is 2. The maximum atomic E-state index is 13.4. The van der Waals surface area contributed by atoms with Gasteiger partial charge in [0.15, 0.2) is 0 Å². The number of fused-ring (bicyclic) bond motifs is 1. The van der Waals surface area contributed by atoms with Crippen molar-refractivity contribution in [1.29, 1.82) is 0 Å². The van der Waals surface area contributed by atoms with Gasteiger partial charge < -0.3 is 19.3 Å². The Morgan fingerprint density at radius 2 is 1.09 bits per heavy atom.